The third-order valence-corrected chi connectivity index (χ3v) is 3.72. The molecule has 1 aromatic carbocycles. The Morgan fingerprint density at radius 3 is 2.52 bits per heavy atom. The second-order valence-corrected chi connectivity index (χ2v) is 5.62. The molecular weight excluding hydrogens is 268 g/mol. The second kappa shape index (κ2) is 8.00. The lowest BCUT2D eigenvalue weighted by molar-refractivity contribution is 0.0651. The molecule has 1 aliphatic heterocycles. The maximum atomic E-state index is 12.0. The fraction of sp³-hybridized carbons (Fsp3) is 0.562. The molecule has 0 aromatic heterocycles. The summed E-state index contributed by atoms with van der Waals surface area (Å²) in [5.41, 5.74) is 1.00. The van der Waals surface area contributed by atoms with Crippen LogP contribution in [0.3, 0.4) is 0 Å². The van der Waals surface area contributed by atoms with Crippen LogP contribution in [-0.2, 0) is 11.3 Å². The van der Waals surface area contributed by atoms with Gasteiger partial charge in [0.2, 0.25) is 0 Å². The fourth-order valence-corrected chi connectivity index (χ4v) is 2.42. The smallest absolute Gasteiger partial charge is 0.410 e. The number of hydrogen-bond acceptors (Lipinski definition) is 4. The average Bonchev–Trinajstić information content (AvgIpc) is 2.54. The molecule has 116 valence electrons. The third kappa shape index (κ3) is 5.02. The Morgan fingerprint density at radius 1 is 1.24 bits per heavy atom. The summed E-state index contributed by atoms with van der Waals surface area (Å²) in [5.74, 6) is 0.279. The lowest BCUT2D eigenvalue weighted by Crippen LogP contribution is -2.49. The van der Waals surface area contributed by atoms with Crippen molar-refractivity contribution in [1.82, 2.24) is 9.80 Å². The van der Waals surface area contributed by atoms with E-state index in [9.17, 15) is 4.79 Å². The predicted molar refractivity (Wildman–Crippen MR) is 80.9 cm³/mol. The van der Waals surface area contributed by atoms with Gasteiger partial charge in [0.05, 0.1) is 0 Å². The number of nitrogens with zero attached hydrogens (tertiary/aromatic N) is 2. The number of rotatable bonds is 5. The van der Waals surface area contributed by atoms with Crippen molar-refractivity contribution in [2.24, 2.45) is 5.92 Å². The zero-order valence-corrected chi connectivity index (χ0v) is 12.6. The minimum Gasteiger partial charge on any atom is -0.445 e. The van der Waals surface area contributed by atoms with Crippen LogP contribution in [0.1, 0.15) is 12.5 Å². The molecule has 1 atom stereocenters. The molecule has 1 saturated heterocycles. The molecule has 0 aliphatic carbocycles. The van der Waals surface area contributed by atoms with Gasteiger partial charge < -0.3 is 14.7 Å². The number of carbonyl (C=O) groups excluding carboxylic acids is 1. The Hall–Kier alpha value is -1.59. The first kappa shape index (κ1) is 15.8. The summed E-state index contributed by atoms with van der Waals surface area (Å²) >= 11 is 0. The number of aliphatic hydroxyl groups is 1. The van der Waals surface area contributed by atoms with Crippen LogP contribution in [0.15, 0.2) is 30.3 Å². The zero-order valence-electron chi connectivity index (χ0n) is 12.6. The quantitative estimate of drug-likeness (QED) is 0.895. The minimum atomic E-state index is -0.242. The van der Waals surface area contributed by atoms with Crippen molar-refractivity contribution in [3.63, 3.8) is 0 Å². The van der Waals surface area contributed by atoms with Crippen LogP contribution >= 0.6 is 0 Å². The Morgan fingerprint density at radius 2 is 1.90 bits per heavy atom. The van der Waals surface area contributed by atoms with Crippen LogP contribution < -0.4 is 0 Å². The van der Waals surface area contributed by atoms with E-state index >= 15 is 0 Å². The second-order valence-electron chi connectivity index (χ2n) is 5.62. The molecule has 2 rings (SSSR count). The molecule has 0 saturated carbocycles. The summed E-state index contributed by atoms with van der Waals surface area (Å²) in [6, 6.07) is 9.70. The molecule has 1 aromatic rings. The topological polar surface area (TPSA) is 53.0 Å². The molecule has 5 nitrogen and oxygen atoms in total. The first-order valence-electron chi connectivity index (χ1n) is 7.48. The Kier molecular flexibility index (Phi) is 6.02. The molecule has 1 amide bonds. The standard InChI is InChI=1S/C16H24N2O3/c1-14(12-19)11-17-7-9-18(10-8-17)16(20)21-13-15-5-3-2-4-6-15/h2-6,14,19H,7-13H2,1H3/t14-/m0/s1. The summed E-state index contributed by atoms with van der Waals surface area (Å²) in [6.45, 7) is 6.48. The maximum Gasteiger partial charge on any atom is 0.410 e. The first-order valence-corrected chi connectivity index (χ1v) is 7.48. The summed E-state index contributed by atoms with van der Waals surface area (Å²) in [7, 11) is 0. The van der Waals surface area contributed by atoms with Crippen LogP contribution in [0, 0.1) is 5.92 Å². The van der Waals surface area contributed by atoms with Crippen LogP contribution in [-0.4, -0.2) is 60.3 Å². The minimum absolute atomic E-state index is 0.208. The molecule has 1 N–H and O–H groups in total. The number of aliphatic hydroxyl groups excluding tert-OH is 1. The van der Waals surface area contributed by atoms with Gasteiger partial charge in [0.1, 0.15) is 6.61 Å². The zero-order chi connectivity index (χ0) is 15.1. The number of carbonyl (C=O) groups is 1. The largest absolute Gasteiger partial charge is 0.445 e. The van der Waals surface area contributed by atoms with Gasteiger partial charge in [0.25, 0.3) is 0 Å². The van der Waals surface area contributed by atoms with E-state index in [0.29, 0.717) is 19.7 Å². The van der Waals surface area contributed by atoms with Crippen molar-refractivity contribution in [3.05, 3.63) is 35.9 Å². The highest BCUT2D eigenvalue weighted by Crippen LogP contribution is 2.08. The van der Waals surface area contributed by atoms with E-state index in [1.165, 1.54) is 0 Å². The molecule has 0 bridgehead atoms. The average molecular weight is 292 g/mol. The van der Waals surface area contributed by atoms with Gasteiger partial charge in [-0.2, -0.15) is 0 Å². The summed E-state index contributed by atoms with van der Waals surface area (Å²) < 4.78 is 5.33. The third-order valence-electron chi connectivity index (χ3n) is 3.72. The molecule has 1 heterocycles. The van der Waals surface area contributed by atoms with Gasteiger partial charge in [0, 0.05) is 39.3 Å². The van der Waals surface area contributed by atoms with Crippen LogP contribution in [0.25, 0.3) is 0 Å². The highest BCUT2D eigenvalue weighted by Gasteiger charge is 2.22. The maximum absolute atomic E-state index is 12.0. The Bertz CT molecular complexity index is 430. The van der Waals surface area contributed by atoms with E-state index in [2.05, 4.69) is 4.90 Å². The molecule has 0 unspecified atom stereocenters. The number of amides is 1. The lowest BCUT2D eigenvalue weighted by Gasteiger charge is -2.35. The van der Waals surface area contributed by atoms with Gasteiger partial charge in [-0.3, -0.25) is 4.90 Å². The molecule has 1 fully saturated rings. The first-order chi connectivity index (χ1) is 10.2. The molecule has 21 heavy (non-hydrogen) atoms. The van der Waals surface area contributed by atoms with Crippen molar-refractivity contribution < 1.29 is 14.6 Å². The molecule has 5 heteroatoms. The van der Waals surface area contributed by atoms with Gasteiger partial charge in [-0.15, -0.1) is 0 Å². The number of hydrogen-bond donors (Lipinski definition) is 1. The number of piperazine rings is 1. The van der Waals surface area contributed by atoms with Crippen molar-refractivity contribution in [2.75, 3.05) is 39.3 Å². The predicted octanol–water partition coefficient (Wildman–Crippen LogP) is 1.57. The summed E-state index contributed by atoms with van der Waals surface area (Å²) in [4.78, 5) is 16.0. The monoisotopic (exact) mass is 292 g/mol. The van der Waals surface area contributed by atoms with E-state index in [0.717, 1.165) is 25.2 Å². The van der Waals surface area contributed by atoms with Gasteiger partial charge in [-0.05, 0) is 11.5 Å². The van der Waals surface area contributed by atoms with E-state index in [-0.39, 0.29) is 18.6 Å². The van der Waals surface area contributed by atoms with E-state index in [1.807, 2.05) is 37.3 Å². The lowest BCUT2D eigenvalue weighted by atomic mass is 10.1. The number of benzene rings is 1. The van der Waals surface area contributed by atoms with Gasteiger partial charge >= 0.3 is 6.09 Å². The molecular formula is C16H24N2O3. The SMILES string of the molecule is C[C@H](CO)CN1CCN(C(=O)OCc2ccccc2)CC1. The van der Waals surface area contributed by atoms with Gasteiger partial charge in [0.15, 0.2) is 0 Å². The molecule has 0 radical (unpaired) electrons. The highest BCUT2D eigenvalue weighted by atomic mass is 16.6. The van der Waals surface area contributed by atoms with Crippen molar-refractivity contribution in [2.45, 2.75) is 13.5 Å². The van der Waals surface area contributed by atoms with Crippen LogP contribution in [0.4, 0.5) is 4.79 Å². The molecule has 1 aliphatic rings. The fourth-order valence-electron chi connectivity index (χ4n) is 2.42. The van der Waals surface area contributed by atoms with Crippen molar-refractivity contribution in [1.29, 1.82) is 0 Å². The van der Waals surface area contributed by atoms with Gasteiger partial charge in [-0.25, -0.2) is 4.79 Å². The summed E-state index contributed by atoms with van der Waals surface area (Å²) in [5, 5.41) is 9.07. The molecule has 0 spiro atoms. The summed E-state index contributed by atoms with van der Waals surface area (Å²) in [6.07, 6.45) is -0.242. The van der Waals surface area contributed by atoms with E-state index in [1.54, 1.807) is 4.90 Å². The Labute approximate surface area is 126 Å². The van der Waals surface area contributed by atoms with Crippen molar-refractivity contribution in [3.8, 4) is 0 Å². The van der Waals surface area contributed by atoms with E-state index in [4.69, 9.17) is 9.84 Å². The Balaban J connectivity index is 1.70. The van der Waals surface area contributed by atoms with E-state index < -0.39 is 0 Å². The van der Waals surface area contributed by atoms with Gasteiger partial charge in [-0.1, -0.05) is 37.3 Å². The number of ether oxygens (including phenoxy) is 1. The van der Waals surface area contributed by atoms with Crippen molar-refractivity contribution >= 4 is 6.09 Å². The normalized spacial score (nSPS) is 17.5. The van der Waals surface area contributed by atoms with Crippen LogP contribution in [0.2, 0.25) is 0 Å². The van der Waals surface area contributed by atoms with Crippen LogP contribution in [0.5, 0.6) is 0 Å². The highest BCUT2D eigenvalue weighted by molar-refractivity contribution is 5.67.